The van der Waals surface area contributed by atoms with Crippen molar-refractivity contribution in [3.8, 4) is 11.5 Å². The number of fused-ring (bicyclic) bond motifs is 1. The predicted molar refractivity (Wildman–Crippen MR) is 133 cm³/mol. The van der Waals surface area contributed by atoms with E-state index in [1.807, 2.05) is 39.4 Å². The molecule has 8 heteroatoms. The largest absolute Gasteiger partial charge is 0.486 e. The highest BCUT2D eigenvalue weighted by molar-refractivity contribution is 7.09. The quantitative estimate of drug-likeness (QED) is 0.626. The Hall–Kier alpha value is -2.58. The van der Waals surface area contributed by atoms with E-state index in [0.29, 0.717) is 51.0 Å². The van der Waals surface area contributed by atoms with Gasteiger partial charge in [-0.3, -0.25) is 14.5 Å². The van der Waals surface area contributed by atoms with Crippen molar-refractivity contribution in [2.75, 3.05) is 50.8 Å². The fourth-order valence-corrected chi connectivity index (χ4v) is 5.79. The molecule has 1 aromatic carbocycles. The average molecular weight is 484 g/mol. The van der Waals surface area contributed by atoms with Crippen LogP contribution in [0.25, 0.3) is 0 Å². The maximum Gasteiger partial charge on any atom is 0.241 e. The lowest BCUT2D eigenvalue weighted by atomic mass is 9.88. The first-order valence-corrected chi connectivity index (χ1v) is 13.3. The molecule has 2 aliphatic heterocycles. The van der Waals surface area contributed by atoms with E-state index in [0.717, 1.165) is 42.2 Å². The molecular formula is C26H33N3O4S. The van der Waals surface area contributed by atoms with Gasteiger partial charge in [0.15, 0.2) is 11.5 Å². The minimum atomic E-state index is 0.0529. The van der Waals surface area contributed by atoms with E-state index in [9.17, 15) is 9.59 Å². The van der Waals surface area contributed by atoms with E-state index < -0.39 is 0 Å². The summed E-state index contributed by atoms with van der Waals surface area (Å²) in [6.45, 7) is 4.80. The molecule has 7 nitrogen and oxygen atoms in total. The van der Waals surface area contributed by atoms with Crippen LogP contribution in [0.3, 0.4) is 0 Å². The molecule has 1 saturated carbocycles. The Balaban J connectivity index is 1.23. The van der Waals surface area contributed by atoms with Gasteiger partial charge in [-0.25, -0.2) is 0 Å². The van der Waals surface area contributed by atoms with E-state index >= 15 is 0 Å². The van der Waals surface area contributed by atoms with Crippen molar-refractivity contribution in [1.82, 2.24) is 9.80 Å². The van der Waals surface area contributed by atoms with Crippen molar-refractivity contribution >= 4 is 28.8 Å². The zero-order valence-corrected chi connectivity index (χ0v) is 20.4. The first-order chi connectivity index (χ1) is 16.7. The summed E-state index contributed by atoms with van der Waals surface area (Å²) in [6.07, 6.45) is 5.66. The summed E-state index contributed by atoms with van der Waals surface area (Å²) in [7, 11) is 0. The third-order valence-electron chi connectivity index (χ3n) is 7.03. The number of hydrogen-bond donors (Lipinski definition) is 0. The summed E-state index contributed by atoms with van der Waals surface area (Å²) in [5.41, 5.74) is 0.814. The number of carbonyl (C=O) groups is 2. The van der Waals surface area contributed by atoms with Crippen LogP contribution in [0.4, 0.5) is 5.69 Å². The number of anilines is 1. The molecule has 2 aromatic rings. The first-order valence-electron chi connectivity index (χ1n) is 12.4. The van der Waals surface area contributed by atoms with Gasteiger partial charge in [-0.2, -0.15) is 0 Å². The molecule has 0 unspecified atom stereocenters. The van der Waals surface area contributed by atoms with Gasteiger partial charge in [0.05, 0.1) is 13.1 Å². The fourth-order valence-electron chi connectivity index (χ4n) is 5.09. The van der Waals surface area contributed by atoms with Gasteiger partial charge < -0.3 is 19.3 Å². The highest BCUT2D eigenvalue weighted by Crippen LogP contribution is 2.35. The van der Waals surface area contributed by atoms with Crippen LogP contribution >= 0.6 is 11.3 Å². The number of ether oxygens (including phenoxy) is 2. The van der Waals surface area contributed by atoms with Gasteiger partial charge in [-0.1, -0.05) is 25.3 Å². The molecule has 0 spiro atoms. The van der Waals surface area contributed by atoms with Crippen molar-refractivity contribution in [1.29, 1.82) is 0 Å². The molecule has 34 heavy (non-hydrogen) atoms. The van der Waals surface area contributed by atoms with Crippen LogP contribution in [0.2, 0.25) is 0 Å². The summed E-state index contributed by atoms with van der Waals surface area (Å²) < 4.78 is 11.4. The van der Waals surface area contributed by atoms with E-state index in [1.165, 1.54) is 19.3 Å². The van der Waals surface area contributed by atoms with E-state index in [1.54, 1.807) is 11.3 Å². The SMILES string of the molecule is O=C(C1CCCCC1)N1CCN(CC(=O)N(Cc2cccs2)c2ccc3c(c2)OCCO3)CC1. The van der Waals surface area contributed by atoms with Gasteiger partial charge in [-0.05, 0) is 36.4 Å². The van der Waals surface area contributed by atoms with Crippen LogP contribution in [-0.2, 0) is 16.1 Å². The highest BCUT2D eigenvalue weighted by Gasteiger charge is 2.30. The second-order valence-electron chi connectivity index (χ2n) is 9.32. The Kier molecular flexibility index (Phi) is 7.35. The molecule has 1 aliphatic carbocycles. The van der Waals surface area contributed by atoms with Gasteiger partial charge in [0.2, 0.25) is 11.8 Å². The van der Waals surface area contributed by atoms with Crippen molar-refractivity contribution < 1.29 is 19.1 Å². The lowest BCUT2D eigenvalue weighted by Crippen LogP contribution is -2.52. The van der Waals surface area contributed by atoms with Crippen molar-refractivity contribution in [3.05, 3.63) is 40.6 Å². The highest BCUT2D eigenvalue weighted by atomic mass is 32.1. The molecule has 2 fully saturated rings. The Morgan fingerprint density at radius 1 is 0.971 bits per heavy atom. The molecule has 0 radical (unpaired) electrons. The summed E-state index contributed by atoms with van der Waals surface area (Å²) in [4.78, 5) is 33.5. The molecule has 0 atom stereocenters. The monoisotopic (exact) mass is 483 g/mol. The minimum absolute atomic E-state index is 0.0529. The van der Waals surface area contributed by atoms with Crippen LogP contribution in [0.5, 0.6) is 11.5 Å². The average Bonchev–Trinajstić information content (AvgIpc) is 3.41. The molecule has 1 saturated heterocycles. The topological polar surface area (TPSA) is 62.3 Å². The lowest BCUT2D eigenvalue weighted by Gasteiger charge is -2.37. The van der Waals surface area contributed by atoms with Gasteiger partial charge in [0.1, 0.15) is 13.2 Å². The summed E-state index contributed by atoms with van der Waals surface area (Å²) in [5.74, 6) is 1.98. The second kappa shape index (κ2) is 10.8. The molecule has 3 aliphatic rings. The maximum atomic E-state index is 13.5. The number of thiophene rings is 1. The Labute approximate surface area is 205 Å². The normalized spacial score (nSPS) is 19.1. The van der Waals surface area contributed by atoms with E-state index in [4.69, 9.17) is 9.47 Å². The number of benzene rings is 1. The number of hydrogen-bond acceptors (Lipinski definition) is 6. The maximum absolute atomic E-state index is 13.5. The molecular weight excluding hydrogens is 450 g/mol. The molecule has 0 bridgehead atoms. The van der Waals surface area contributed by atoms with Crippen LogP contribution in [0, 0.1) is 5.92 Å². The first kappa shape index (κ1) is 23.2. The third-order valence-corrected chi connectivity index (χ3v) is 7.89. The number of carbonyl (C=O) groups excluding carboxylic acids is 2. The molecule has 5 rings (SSSR count). The Morgan fingerprint density at radius 3 is 2.47 bits per heavy atom. The van der Waals surface area contributed by atoms with E-state index in [-0.39, 0.29) is 11.8 Å². The number of rotatable bonds is 6. The zero-order valence-electron chi connectivity index (χ0n) is 19.6. The predicted octanol–water partition coefficient (Wildman–Crippen LogP) is 3.78. The third kappa shape index (κ3) is 5.39. The van der Waals surface area contributed by atoms with Gasteiger partial charge in [0, 0.05) is 48.7 Å². The van der Waals surface area contributed by atoms with Crippen LogP contribution < -0.4 is 14.4 Å². The van der Waals surface area contributed by atoms with Crippen LogP contribution in [0.1, 0.15) is 37.0 Å². The van der Waals surface area contributed by atoms with Gasteiger partial charge in [0.25, 0.3) is 0 Å². The van der Waals surface area contributed by atoms with Crippen molar-refractivity contribution in [2.24, 2.45) is 5.92 Å². The molecule has 1 aromatic heterocycles. The standard InChI is InChI=1S/C26H33N3O4S/c30-25(19-27-10-12-28(13-11-27)26(31)20-5-2-1-3-6-20)29(18-22-7-4-16-34-22)21-8-9-23-24(17-21)33-15-14-32-23/h4,7-9,16-17,20H,1-3,5-6,10-15,18-19H2. The lowest BCUT2D eigenvalue weighted by molar-refractivity contribution is -0.138. The van der Waals surface area contributed by atoms with Gasteiger partial charge >= 0.3 is 0 Å². The minimum Gasteiger partial charge on any atom is -0.486 e. The Morgan fingerprint density at radius 2 is 1.74 bits per heavy atom. The molecule has 3 heterocycles. The van der Waals surface area contributed by atoms with Crippen LogP contribution in [0.15, 0.2) is 35.7 Å². The zero-order chi connectivity index (χ0) is 23.3. The van der Waals surface area contributed by atoms with Gasteiger partial charge in [-0.15, -0.1) is 11.3 Å². The van der Waals surface area contributed by atoms with Crippen LogP contribution in [-0.4, -0.2) is 67.6 Å². The summed E-state index contributed by atoms with van der Waals surface area (Å²) >= 11 is 1.65. The summed E-state index contributed by atoms with van der Waals surface area (Å²) in [5, 5.41) is 2.03. The second-order valence-corrected chi connectivity index (χ2v) is 10.4. The fraction of sp³-hybridized carbons (Fsp3) is 0.538. The van der Waals surface area contributed by atoms with E-state index in [2.05, 4.69) is 11.0 Å². The number of piperazine rings is 1. The van der Waals surface area contributed by atoms with Crippen molar-refractivity contribution in [2.45, 2.75) is 38.6 Å². The number of amides is 2. The molecule has 2 amide bonds. The molecule has 182 valence electrons. The summed E-state index contributed by atoms with van der Waals surface area (Å²) in [6, 6.07) is 9.78. The molecule has 0 N–H and O–H groups in total. The number of nitrogens with zero attached hydrogens (tertiary/aromatic N) is 3. The Bertz CT molecular complexity index is 982. The van der Waals surface area contributed by atoms with Crippen molar-refractivity contribution in [3.63, 3.8) is 0 Å². The smallest absolute Gasteiger partial charge is 0.241 e.